The number of nitrogens with two attached hydrogens (primary N) is 1. The minimum absolute atomic E-state index is 0.0115. The van der Waals surface area contributed by atoms with Crippen LogP contribution in [0.1, 0.15) is 37.3 Å². The molecular formula is C26H32N4O5. The van der Waals surface area contributed by atoms with Gasteiger partial charge in [-0.25, -0.2) is 4.79 Å². The highest BCUT2D eigenvalue weighted by molar-refractivity contribution is 5.95. The molecular weight excluding hydrogens is 448 g/mol. The summed E-state index contributed by atoms with van der Waals surface area (Å²) < 4.78 is 11.9. The van der Waals surface area contributed by atoms with Crippen molar-refractivity contribution in [1.82, 2.24) is 9.55 Å². The number of carbonyl (C=O) groups excluding carboxylic acids is 1. The van der Waals surface area contributed by atoms with Crippen LogP contribution in [0.5, 0.6) is 11.5 Å². The summed E-state index contributed by atoms with van der Waals surface area (Å²) in [5.41, 5.74) is 6.75. The van der Waals surface area contributed by atoms with Gasteiger partial charge in [0, 0.05) is 13.0 Å². The minimum atomic E-state index is -0.685. The molecule has 0 aliphatic rings. The van der Waals surface area contributed by atoms with Crippen LogP contribution in [0, 0.1) is 0 Å². The zero-order valence-electron chi connectivity index (χ0n) is 20.4. The number of anilines is 2. The summed E-state index contributed by atoms with van der Waals surface area (Å²) in [5, 5.41) is 0. The maximum atomic E-state index is 13.5. The highest BCUT2D eigenvalue weighted by Gasteiger charge is 2.24. The van der Waals surface area contributed by atoms with Crippen LogP contribution in [-0.4, -0.2) is 29.7 Å². The molecule has 9 nitrogen and oxygen atoms in total. The van der Waals surface area contributed by atoms with Gasteiger partial charge in [-0.05, 0) is 36.1 Å². The molecule has 0 unspecified atom stereocenters. The average molecular weight is 481 g/mol. The lowest BCUT2D eigenvalue weighted by molar-refractivity contribution is -0.118. The third-order valence-corrected chi connectivity index (χ3v) is 5.78. The van der Waals surface area contributed by atoms with Gasteiger partial charge >= 0.3 is 5.69 Å². The van der Waals surface area contributed by atoms with E-state index in [-0.39, 0.29) is 30.4 Å². The Bertz CT molecular complexity index is 1270. The zero-order chi connectivity index (χ0) is 25.4. The van der Waals surface area contributed by atoms with E-state index in [1.165, 1.54) is 9.47 Å². The molecule has 3 N–H and O–H groups in total. The van der Waals surface area contributed by atoms with Crippen LogP contribution >= 0.6 is 0 Å². The van der Waals surface area contributed by atoms with Gasteiger partial charge in [-0.3, -0.25) is 19.1 Å². The smallest absolute Gasteiger partial charge is 0.330 e. The van der Waals surface area contributed by atoms with Crippen molar-refractivity contribution in [2.24, 2.45) is 0 Å². The molecule has 2 aromatic carbocycles. The van der Waals surface area contributed by atoms with E-state index in [1.807, 2.05) is 49.4 Å². The molecule has 0 aliphatic heterocycles. The van der Waals surface area contributed by atoms with E-state index in [0.717, 1.165) is 17.5 Å². The molecule has 1 aromatic heterocycles. The lowest BCUT2D eigenvalue weighted by Crippen LogP contribution is -2.41. The van der Waals surface area contributed by atoms with Crippen LogP contribution in [0.3, 0.4) is 0 Å². The predicted molar refractivity (Wildman–Crippen MR) is 136 cm³/mol. The summed E-state index contributed by atoms with van der Waals surface area (Å²) in [7, 11) is 3.11. The van der Waals surface area contributed by atoms with Crippen molar-refractivity contribution in [3.8, 4) is 11.5 Å². The van der Waals surface area contributed by atoms with Crippen molar-refractivity contribution in [2.45, 2.75) is 45.7 Å². The van der Waals surface area contributed by atoms with Gasteiger partial charge in [-0.15, -0.1) is 0 Å². The fourth-order valence-electron chi connectivity index (χ4n) is 3.86. The predicted octanol–water partition coefficient (Wildman–Crippen LogP) is 3.10. The summed E-state index contributed by atoms with van der Waals surface area (Å²) in [4.78, 5) is 42.5. The fourth-order valence-corrected chi connectivity index (χ4v) is 3.86. The first-order valence-electron chi connectivity index (χ1n) is 11.6. The number of aryl methyl sites for hydroxylation is 1. The van der Waals surface area contributed by atoms with Gasteiger partial charge in [0.05, 0.1) is 20.8 Å². The van der Waals surface area contributed by atoms with Gasteiger partial charge < -0.3 is 20.1 Å². The lowest BCUT2D eigenvalue weighted by atomic mass is 10.1. The second kappa shape index (κ2) is 11.9. The number of hydrogen-bond acceptors (Lipinski definition) is 6. The molecule has 9 heteroatoms. The Balaban J connectivity index is 1.96. The fraction of sp³-hybridized carbons (Fsp3) is 0.346. The third kappa shape index (κ3) is 6.11. The zero-order valence-corrected chi connectivity index (χ0v) is 20.4. The van der Waals surface area contributed by atoms with E-state index in [1.54, 1.807) is 20.3 Å². The molecule has 0 saturated heterocycles. The van der Waals surface area contributed by atoms with E-state index in [0.29, 0.717) is 30.9 Å². The molecule has 0 aliphatic carbocycles. The number of ether oxygens (including phenoxy) is 2. The van der Waals surface area contributed by atoms with Crippen LogP contribution in [0.25, 0.3) is 0 Å². The molecule has 35 heavy (non-hydrogen) atoms. The van der Waals surface area contributed by atoms with Crippen molar-refractivity contribution >= 4 is 17.4 Å². The van der Waals surface area contributed by atoms with E-state index >= 15 is 0 Å². The minimum Gasteiger partial charge on any atom is -0.493 e. The first-order valence-corrected chi connectivity index (χ1v) is 11.6. The number of aromatic nitrogens is 2. The van der Waals surface area contributed by atoms with Crippen LogP contribution in [0.4, 0.5) is 11.5 Å². The van der Waals surface area contributed by atoms with E-state index < -0.39 is 11.2 Å². The van der Waals surface area contributed by atoms with E-state index in [9.17, 15) is 14.4 Å². The summed E-state index contributed by atoms with van der Waals surface area (Å²) in [6.07, 6.45) is 2.09. The number of nitrogens with zero attached hydrogens (tertiary/aromatic N) is 2. The largest absolute Gasteiger partial charge is 0.493 e. The number of rotatable bonds is 11. The molecule has 0 fully saturated rings. The normalized spacial score (nSPS) is 10.7. The quantitative estimate of drug-likeness (QED) is 0.435. The highest BCUT2D eigenvalue weighted by atomic mass is 16.5. The number of hydrogen-bond donors (Lipinski definition) is 2. The monoisotopic (exact) mass is 480 g/mol. The van der Waals surface area contributed by atoms with Gasteiger partial charge in [0.2, 0.25) is 5.91 Å². The maximum absolute atomic E-state index is 13.5. The summed E-state index contributed by atoms with van der Waals surface area (Å²) in [6.45, 7) is 2.49. The second-order valence-electron chi connectivity index (χ2n) is 8.15. The molecule has 3 aromatic rings. The van der Waals surface area contributed by atoms with Crippen molar-refractivity contribution in [2.75, 3.05) is 24.9 Å². The Morgan fingerprint density at radius 3 is 2.40 bits per heavy atom. The summed E-state index contributed by atoms with van der Waals surface area (Å²) in [5.74, 6) is 0.869. The second-order valence-corrected chi connectivity index (χ2v) is 8.15. The van der Waals surface area contributed by atoms with Crippen LogP contribution in [-0.2, 0) is 24.3 Å². The van der Waals surface area contributed by atoms with E-state index in [2.05, 4.69) is 4.98 Å². The number of amides is 1. The molecule has 0 bridgehead atoms. The Labute approximate surface area is 204 Å². The van der Waals surface area contributed by atoms with Gasteiger partial charge in [0.25, 0.3) is 5.56 Å². The van der Waals surface area contributed by atoms with Crippen LogP contribution in [0.15, 0.2) is 58.1 Å². The number of methoxy groups -OCH3 is 2. The summed E-state index contributed by atoms with van der Waals surface area (Å²) in [6, 6.07) is 14.8. The van der Waals surface area contributed by atoms with Gasteiger partial charge in [-0.2, -0.15) is 0 Å². The Morgan fingerprint density at radius 2 is 1.74 bits per heavy atom. The number of benzene rings is 2. The molecule has 0 radical (unpaired) electrons. The lowest BCUT2D eigenvalue weighted by Gasteiger charge is -2.25. The number of H-pyrrole nitrogens is 1. The molecule has 1 amide bonds. The SMILES string of the molecule is CCCCn1c(N)c(N(Cc2ccccc2)C(=O)CCc2ccc(OC)c(OC)c2)c(=O)[nH]c1=O. The molecule has 0 saturated carbocycles. The first-order chi connectivity index (χ1) is 16.9. The number of nitrogens with one attached hydrogen (secondary N) is 1. The van der Waals surface area contributed by atoms with Gasteiger partial charge in [-0.1, -0.05) is 49.7 Å². The highest BCUT2D eigenvalue weighted by Crippen LogP contribution is 2.28. The third-order valence-electron chi connectivity index (χ3n) is 5.78. The Morgan fingerprint density at radius 1 is 1.03 bits per heavy atom. The van der Waals surface area contributed by atoms with E-state index in [4.69, 9.17) is 15.2 Å². The molecule has 0 atom stereocenters. The van der Waals surface area contributed by atoms with Crippen molar-refractivity contribution < 1.29 is 14.3 Å². The maximum Gasteiger partial charge on any atom is 0.330 e. The Hall–Kier alpha value is -4.01. The van der Waals surface area contributed by atoms with Crippen LogP contribution in [0.2, 0.25) is 0 Å². The Kier molecular flexibility index (Phi) is 8.72. The van der Waals surface area contributed by atoms with Crippen molar-refractivity contribution in [1.29, 1.82) is 0 Å². The summed E-state index contributed by atoms with van der Waals surface area (Å²) >= 11 is 0. The van der Waals surface area contributed by atoms with Gasteiger partial charge in [0.1, 0.15) is 5.82 Å². The van der Waals surface area contributed by atoms with Crippen LogP contribution < -0.4 is 31.4 Å². The standard InChI is InChI=1S/C26H32N4O5/c1-4-5-15-29-24(27)23(25(32)28-26(29)33)30(17-19-9-7-6-8-10-19)22(31)14-12-18-11-13-20(34-2)21(16-18)35-3/h6-11,13,16H,4-5,12,14-15,17,27H2,1-3H3,(H,28,32,33). The molecule has 186 valence electrons. The molecule has 3 rings (SSSR count). The van der Waals surface area contributed by atoms with Crippen molar-refractivity contribution in [3.05, 3.63) is 80.5 Å². The first kappa shape index (κ1) is 25.6. The average Bonchev–Trinajstić information content (AvgIpc) is 2.86. The molecule has 0 spiro atoms. The number of nitrogen functional groups attached to an aromatic ring is 1. The number of unbranched alkanes of at least 4 members (excludes halogenated alkanes) is 1. The number of aromatic amines is 1. The topological polar surface area (TPSA) is 120 Å². The molecule has 1 heterocycles. The number of carbonyl (C=O) groups is 1. The van der Waals surface area contributed by atoms with Gasteiger partial charge in [0.15, 0.2) is 17.2 Å². The van der Waals surface area contributed by atoms with Crippen molar-refractivity contribution in [3.63, 3.8) is 0 Å².